The minimum atomic E-state index is 0.108. The van der Waals surface area contributed by atoms with Crippen LogP contribution in [0.1, 0.15) is 16.5 Å². The molecule has 0 fully saturated rings. The number of hydrogen-bond donors (Lipinski definition) is 1. The molecule has 102 valence electrons. The van der Waals surface area contributed by atoms with Crippen molar-refractivity contribution in [3.8, 4) is 11.5 Å². The first-order valence-electron chi connectivity index (χ1n) is 5.84. The molecule has 2 rings (SSSR count). The van der Waals surface area contributed by atoms with Crippen molar-refractivity contribution in [1.29, 1.82) is 0 Å². The van der Waals surface area contributed by atoms with Crippen LogP contribution >= 0.6 is 27.3 Å². The van der Waals surface area contributed by atoms with Gasteiger partial charge in [-0.3, -0.25) is 0 Å². The predicted octanol–water partition coefficient (Wildman–Crippen LogP) is 3.84. The number of benzene rings is 1. The third kappa shape index (κ3) is 3.11. The van der Waals surface area contributed by atoms with E-state index in [0.717, 1.165) is 20.8 Å². The Bertz CT molecular complexity index is 556. The van der Waals surface area contributed by atoms with E-state index >= 15 is 0 Å². The van der Waals surface area contributed by atoms with Gasteiger partial charge in [-0.25, -0.2) is 0 Å². The lowest BCUT2D eigenvalue weighted by atomic mass is 10.0. The summed E-state index contributed by atoms with van der Waals surface area (Å²) in [5.41, 5.74) is 1.10. The minimum absolute atomic E-state index is 0.108. The van der Waals surface area contributed by atoms with Gasteiger partial charge in [0.2, 0.25) is 0 Å². The molecule has 0 radical (unpaired) electrons. The van der Waals surface area contributed by atoms with Gasteiger partial charge in [-0.15, -0.1) is 11.3 Å². The fourth-order valence-corrected chi connectivity index (χ4v) is 3.54. The van der Waals surface area contributed by atoms with Crippen molar-refractivity contribution in [3.63, 3.8) is 0 Å². The van der Waals surface area contributed by atoms with E-state index in [1.165, 1.54) is 4.88 Å². The molecule has 0 aliphatic heterocycles. The fourth-order valence-electron chi connectivity index (χ4n) is 1.99. The Labute approximate surface area is 125 Å². The topological polar surface area (TPSA) is 30.5 Å². The summed E-state index contributed by atoms with van der Waals surface area (Å²) >= 11 is 5.21. The van der Waals surface area contributed by atoms with Crippen LogP contribution in [0.25, 0.3) is 0 Å². The lowest BCUT2D eigenvalue weighted by Gasteiger charge is -2.18. The second-order valence-corrected chi connectivity index (χ2v) is 6.47. The second-order valence-electron chi connectivity index (χ2n) is 3.97. The zero-order valence-electron chi connectivity index (χ0n) is 11.1. The maximum atomic E-state index is 5.47. The lowest BCUT2D eigenvalue weighted by molar-refractivity contribution is 0.388. The summed E-state index contributed by atoms with van der Waals surface area (Å²) in [6, 6.07) is 10.2. The van der Waals surface area contributed by atoms with E-state index in [1.807, 2.05) is 25.2 Å². The highest BCUT2D eigenvalue weighted by atomic mass is 79.9. The number of methoxy groups -OCH3 is 2. The number of nitrogens with one attached hydrogen (secondary N) is 1. The minimum Gasteiger partial charge on any atom is -0.497 e. The third-order valence-corrected chi connectivity index (χ3v) is 4.61. The largest absolute Gasteiger partial charge is 0.497 e. The highest BCUT2D eigenvalue weighted by Crippen LogP contribution is 2.36. The SMILES string of the molecule is CNC(c1ccc(Br)s1)c1ccc(OC)cc1OC. The Hall–Kier alpha value is -1.04. The zero-order valence-corrected chi connectivity index (χ0v) is 13.5. The van der Waals surface area contributed by atoms with Crippen LogP contribution in [0.15, 0.2) is 34.1 Å². The van der Waals surface area contributed by atoms with E-state index in [4.69, 9.17) is 9.47 Å². The van der Waals surface area contributed by atoms with E-state index in [1.54, 1.807) is 25.6 Å². The molecule has 0 saturated heterocycles. The Morgan fingerprint density at radius 2 is 1.95 bits per heavy atom. The first-order valence-corrected chi connectivity index (χ1v) is 7.45. The van der Waals surface area contributed by atoms with Gasteiger partial charge in [0.15, 0.2) is 0 Å². The van der Waals surface area contributed by atoms with Crippen molar-refractivity contribution in [3.05, 3.63) is 44.6 Å². The number of thiophene rings is 1. The van der Waals surface area contributed by atoms with Gasteiger partial charge in [-0.1, -0.05) is 0 Å². The maximum absolute atomic E-state index is 5.47. The maximum Gasteiger partial charge on any atom is 0.127 e. The van der Waals surface area contributed by atoms with Crippen molar-refractivity contribution in [2.75, 3.05) is 21.3 Å². The Kier molecular flexibility index (Phi) is 4.85. The van der Waals surface area contributed by atoms with E-state index < -0.39 is 0 Å². The van der Waals surface area contributed by atoms with Crippen molar-refractivity contribution in [1.82, 2.24) is 5.32 Å². The summed E-state index contributed by atoms with van der Waals surface area (Å²) in [7, 11) is 5.28. The molecule has 0 aliphatic carbocycles. The van der Waals surface area contributed by atoms with Gasteiger partial charge in [0.05, 0.1) is 24.0 Å². The van der Waals surface area contributed by atoms with Crippen LogP contribution in [-0.2, 0) is 0 Å². The Balaban J connectivity index is 2.43. The van der Waals surface area contributed by atoms with E-state index in [0.29, 0.717) is 0 Å². The average Bonchev–Trinajstić information content (AvgIpc) is 2.86. The second kappa shape index (κ2) is 6.41. The molecule has 0 saturated carbocycles. The van der Waals surface area contributed by atoms with E-state index in [9.17, 15) is 0 Å². The number of hydrogen-bond acceptors (Lipinski definition) is 4. The van der Waals surface area contributed by atoms with Crippen LogP contribution in [0.5, 0.6) is 11.5 Å². The molecule has 1 atom stereocenters. The first kappa shape index (κ1) is 14.4. The molecule has 1 aromatic heterocycles. The average molecular weight is 342 g/mol. The molecule has 1 N–H and O–H groups in total. The van der Waals surface area contributed by atoms with Crippen molar-refractivity contribution in [2.24, 2.45) is 0 Å². The molecule has 5 heteroatoms. The number of rotatable bonds is 5. The molecule has 1 aromatic carbocycles. The van der Waals surface area contributed by atoms with Crippen LogP contribution in [0, 0.1) is 0 Å². The molecule has 3 nitrogen and oxygen atoms in total. The van der Waals surface area contributed by atoms with Gasteiger partial charge in [0.25, 0.3) is 0 Å². The molecule has 0 bridgehead atoms. The smallest absolute Gasteiger partial charge is 0.127 e. The molecule has 1 heterocycles. The van der Waals surface area contributed by atoms with Crippen LogP contribution in [0.4, 0.5) is 0 Å². The van der Waals surface area contributed by atoms with E-state index in [2.05, 4.69) is 33.4 Å². The summed E-state index contributed by atoms with van der Waals surface area (Å²) in [6.07, 6.45) is 0. The van der Waals surface area contributed by atoms with Gasteiger partial charge in [-0.05, 0) is 47.2 Å². The standard InChI is InChI=1S/C14H16BrNO2S/c1-16-14(12-6-7-13(15)19-12)10-5-4-9(17-2)8-11(10)18-3/h4-8,14,16H,1-3H3. The summed E-state index contributed by atoms with van der Waals surface area (Å²) in [4.78, 5) is 1.23. The van der Waals surface area contributed by atoms with Gasteiger partial charge < -0.3 is 14.8 Å². The molecule has 2 aromatic rings. The van der Waals surface area contributed by atoms with Crippen molar-refractivity contribution in [2.45, 2.75) is 6.04 Å². The van der Waals surface area contributed by atoms with Crippen LogP contribution < -0.4 is 14.8 Å². The van der Waals surface area contributed by atoms with Gasteiger partial charge in [0.1, 0.15) is 11.5 Å². The number of halogens is 1. The zero-order chi connectivity index (χ0) is 13.8. The first-order chi connectivity index (χ1) is 9.19. The van der Waals surface area contributed by atoms with Crippen molar-refractivity contribution >= 4 is 27.3 Å². The lowest BCUT2D eigenvalue weighted by Crippen LogP contribution is -2.17. The Morgan fingerprint density at radius 1 is 1.16 bits per heavy atom. The molecule has 19 heavy (non-hydrogen) atoms. The quantitative estimate of drug-likeness (QED) is 0.896. The monoisotopic (exact) mass is 341 g/mol. The van der Waals surface area contributed by atoms with Crippen LogP contribution in [0.2, 0.25) is 0 Å². The highest BCUT2D eigenvalue weighted by Gasteiger charge is 2.18. The molecule has 0 spiro atoms. The van der Waals surface area contributed by atoms with E-state index in [-0.39, 0.29) is 6.04 Å². The molecule has 1 unspecified atom stereocenters. The molecule has 0 aliphatic rings. The normalized spacial score (nSPS) is 12.2. The van der Waals surface area contributed by atoms with Gasteiger partial charge >= 0.3 is 0 Å². The van der Waals surface area contributed by atoms with Gasteiger partial charge in [-0.2, -0.15) is 0 Å². The third-order valence-electron chi connectivity index (χ3n) is 2.92. The van der Waals surface area contributed by atoms with Crippen LogP contribution in [-0.4, -0.2) is 21.3 Å². The van der Waals surface area contributed by atoms with Gasteiger partial charge in [0, 0.05) is 16.5 Å². The molecular weight excluding hydrogens is 326 g/mol. The number of ether oxygens (including phenoxy) is 2. The molecule has 0 amide bonds. The fraction of sp³-hybridized carbons (Fsp3) is 0.286. The summed E-state index contributed by atoms with van der Waals surface area (Å²) in [5, 5.41) is 3.33. The Morgan fingerprint density at radius 3 is 2.47 bits per heavy atom. The van der Waals surface area contributed by atoms with Crippen molar-refractivity contribution < 1.29 is 9.47 Å². The molecular formula is C14H16BrNO2S. The predicted molar refractivity (Wildman–Crippen MR) is 82.5 cm³/mol. The summed E-state index contributed by atoms with van der Waals surface area (Å²) in [6.45, 7) is 0. The summed E-state index contributed by atoms with van der Waals surface area (Å²) in [5.74, 6) is 1.62. The highest BCUT2D eigenvalue weighted by molar-refractivity contribution is 9.11. The van der Waals surface area contributed by atoms with Crippen LogP contribution in [0.3, 0.4) is 0 Å². The summed E-state index contributed by atoms with van der Waals surface area (Å²) < 4.78 is 11.8.